The molecule has 3 N–H and O–H groups in total. The molecule has 92 valence electrons. The zero-order valence-corrected chi connectivity index (χ0v) is 9.71. The van der Waals surface area contributed by atoms with Crippen molar-refractivity contribution in [2.24, 2.45) is 5.41 Å². The summed E-state index contributed by atoms with van der Waals surface area (Å²) in [4.78, 5) is 22.4. The van der Waals surface area contributed by atoms with Crippen LogP contribution in [0.15, 0.2) is 0 Å². The molecule has 1 amide bonds. The fourth-order valence-electron chi connectivity index (χ4n) is 1.78. The maximum Gasteiger partial charge on any atom is 0.311 e. The summed E-state index contributed by atoms with van der Waals surface area (Å²) in [6.45, 7) is 3.36. The van der Waals surface area contributed by atoms with Gasteiger partial charge in [-0.3, -0.25) is 9.59 Å². The van der Waals surface area contributed by atoms with Gasteiger partial charge in [-0.15, -0.1) is 0 Å². The number of hydrogen-bond donors (Lipinski definition) is 3. The quantitative estimate of drug-likeness (QED) is 0.550. The third-order valence-electron chi connectivity index (χ3n) is 3.10. The molecule has 5 heteroatoms. The van der Waals surface area contributed by atoms with Crippen molar-refractivity contribution in [1.82, 2.24) is 10.6 Å². The largest absolute Gasteiger partial charge is 0.481 e. The van der Waals surface area contributed by atoms with Crippen LogP contribution >= 0.6 is 0 Å². The standard InChI is InChI=1S/C11H20N2O3/c1-2-6-12-7-9(14)13-8-11(10(15)16)4-3-5-11/h12H,2-8H2,1H3,(H,13,14)(H,15,16). The molecule has 16 heavy (non-hydrogen) atoms. The first-order chi connectivity index (χ1) is 7.60. The Balaban J connectivity index is 2.22. The minimum atomic E-state index is -0.791. The molecule has 1 aliphatic rings. The van der Waals surface area contributed by atoms with Crippen LogP contribution in [0.2, 0.25) is 0 Å². The maximum atomic E-state index is 11.4. The van der Waals surface area contributed by atoms with Crippen LogP contribution in [0.3, 0.4) is 0 Å². The number of carbonyl (C=O) groups excluding carboxylic acids is 1. The van der Waals surface area contributed by atoms with Gasteiger partial charge in [-0.25, -0.2) is 0 Å². The fourth-order valence-corrected chi connectivity index (χ4v) is 1.78. The van der Waals surface area contributed by atoms with E-state index < -0.39 is 11.4 Å². The molecule has 0 heterocycles. The van der Waals surface area contributed by atoms with E-state index in [4.69, 9.17) is 5.11 Å². The van der Waals surface area contributed by atoms with Crippen LogP contribution in [0.1, 0.15) is 32.6 Å². The maximum absolute atomic E-state index is 11.4. The lowest BCUT2D eigenvalue weighted by atomic mass is 9.69. The molecule has 0 bridgehead atoms. The molecule has 1 rings (SSSR count). The number of carbonyl (C=O) groups is 2. The summed E-state index contributed by atoms with van der Waals surface area (Å²) in [5.74, 6) is -0.915. The number of carboxylic acids is 1. The van der Waals surface area contributed by atoms with E-state index in [2.05, 4.69) is 10.6 Å². The molecular formula is C11H20N2O3. The van der Waals surface area contributed by atoms with Crippen LogP contribution in [0.25, 0.3) is 0 Å². The predicted octanol–water partition coefficient (Wildman–Crippen LogP) is 0.357. The van der Waals surface area contributed by atoms with E-state index in [1.54, 1.807) is 0 Å². The molecule has 0 aliphatic heterocycles. The molecule has 0 unspecified atom stereocenters. The van der Waals surface area contributed by atoms with Gasteiger partial charge in [0.2, 0.25) is 5.91 Å². The van der Waals surface area contributed by atoms with Crippen molar-refractivity contribution in [3.8, 4) is 0 Å². The van der Waals surface area contributed by atoms with E-state index in [1.807, 2.05) is 6.92 Å². The van der Waals surface area contributed by atoms with Gasteiger partial charge >= 0.3 is 5.97 Å². The molecule has 0 aromatic rings. The summed E-state index contributed by atoms with van der Waals surface area (Å²) in [6, 6.07) is 0. The monoisotopic (exact) mass is 228 g/mol. The number of aliphatic carboxylic acids is 1. The first kappa shape index (κ1) is 13.0. The third kappa shape index (κ3) is 3.20. The smallest absolute Gasteiger partial charge is 0.311 e. The summed E-state index contributed by atoms with van der Waals surface area (Å²) in [5, 5.41) is 14.7. The van der Waals surface area contributed by atoms with Crippen molar-refractivity contribution >= 4 is 11.9 Å². The first-order valence-electron chi connectivity index (χ1n) is 5.81. The number of hydrogen-bond acceptors (Lipinski definition) is 3. The lowest BCUT2D eigenvalue weighted by Gasteiger charge is -2.37. The second-order valence-corrected chi connectivity index (χ2v) is 4.39. The van der Waals surface area contributed by atoms with Gasteiger partial charge in [0.1, 0.15) is 0 Å². The van der Waals surface area contributed by atoms with Crippen molar-refractivity contribution in [3.05, 3.63) is 0 Å². The summed E-state index contributed by atoms with van der Waals surface area (Å²) in [7, 11) is 0. The lowest BCUT2D eigenvalue weighted by molar-refractivity contribution is -0.154. The van der Waals surface area contributed by atoms with Crippen LogP contribution in [0.5, 0.6) is 0 Å². The molecule has 0 aromatic heterocycles. The molecule has 0 saturated heterocycles. The van der Waals surface area contributed by atoms with Gasteiger partial charge in [-0.2, -0.15) is 0 Å². The van der Waals surface area contributed by atoms with Crippen LogP contribution in [-0.2, 0) is 9.59 Å². The van der Waals surface area contributed by atoms with E-state index in [9.17, 15) is 9.59 Å². The van der Waals surface area contributed by atoms with Crippen molar-refractivity contribution in [3.63, 3.8) is 0 Å². The van der Waals surface area contributed by atoms with Crippen molar-refractivity contribution < 1.29 is 14.7 Å². The molecule has 5 nitrogen and oxygen atoms in total. The highest BCUT2D eigenvalue weighted by Crippen LogP contribution is 2.40. The van der Waals surface area contributed by atoms with Gasteiger partial charge in [-0.05, 0) is 25.8 Å². The number of carboxylic acid groups (broad SMARTS) is 1. The summed E-state index contributed by atoms with van der Waals surface area (Å²) >= 11 is 0. The molecule has 0 radical (unpaired) electrons. The Morgan fingerprint density at radius 3 is 2.50 bits per heavy atom. The predicted molar refractivity (Wildman–Crippen MR) is 60.1 cm³/mol. The molecule has 0 atom stereocenters. The molecule has 1 aliphatic carbocycles. The van der Waals surface area contributed by atoms with Gasteiger partial charge in [0.25, 0.3) is 0 Å². The second-order valence-electron chi connectivity index (χ2n) is 4.39. The van der Waals surface area contributed by atoms with E-state index in [0.717, 1.165) is 19.4 Å². The SMILES string of the molecule is CCCNCC(=O)NCC1(C(=O)O)CCC1. The zero-order valence-electron chi connectivity index (χ0n) is 9.71. The number of amides is 1. The fraction of sp³-hybridized carbons (Fsp3) is 0.818. The number of rotatable bonds is 7. The van der Waals surface area contributed by atoms with Crippen molar-refractivity contribution in [2.75, 3.05) is 19.6 Å². The molecule has 0 spiro atoms. The first-order valence-corrected chi connectivity index (χ1v) is 5.81. The summed E-state index contributed by atoms with van der Waals surface area (Å²) in [6.07, 6.45) is 3.26. The Kier molecular flexibility index (Phi) is 4.73. The van der Waals surface area contributed by atoms with Gasteiger partial charge in [0.15, 0.2) is 0 Å². The van der Waals surface area contributed by atoms with Gasteiger partial charge in [-0.1, -0.05) is 13.3 Å². The van der Waals surface area contributed by atoms with E-state index in [-0.39, 0.29) is 19.0 Å². The van der Waals surface area contributed by atoms with Crippen LogP contribution in [0, 0.1) is 5.41 Å². The van der Waals surface area contributed by atoms with E-state index in [0.29, 0.717) is 12.8 Å². The van der Waals surface area contributed by atoms with Crippen molar-refractivity contribution in [1.29, 1.82) is 0 Å². The van der Waals surface area contributed by atoms with Gasteiger partial charge in [0, 0.05) is 6.54 Å². The molecule has 1 fully saturated rings. The third-order valence-corrected chi connectivity index (χ3v) is 3.10. The Morgan fingerprint density at radius 1 is 1.38 bits per heavy atom. The highest BCUT2D eigenvalue weighted by molar-refractivity contribution is 5.80. The Bertz CT molecular complexity index is 262. The summed E-state index contributed by atoms with van der Waals surface area (Å²) in [5.41, 5.74) is -0.694. The number of nitrogens with one attached hydrogen (secondary N) is 2. The highest BCUT2D eigenvalue weighted by atomic mass is 16.4. The molecule has 1 saturated carbocycles. The van der Waals surface area contributed by atoms with Gasteiger partial charge < -0.3 is 15.7 Å². The van der Waals surface area contributed by atoms with Gasteiger partial charge in [0.05, 0.1) is 12.0 Å². The zero-order chi connectivity index (χ0) is 12.0. The van der Waals surface area contributed by atoms with Crippen LogP contribution < -0.4 is 10.6 Å². The second kappa shape index (κ2) is 5.84. The summed E-state index contributed by atoms with van der Waals surface area (Å²) < 4.78 is 0. The topological polar surface area (TPSA) is 78.4 Å². The van der Waals surface area contributed by atoms with E-state index in [1.165, 1.54) is 0 Å². The normalized spacial score (nSPS) is 17.6. The minimum absolute atomic E-state index is 0.124. The average Bonchev–Trinajstić information content (AvgIpc) is 2.16. The Morgan fingerprint density at radius 2 is 2.06 bits per heavy atom. The Labute approximate surface area is 95.6 Å². The Hall–Kier alpha value is -1.10. The van der Waals surface area contributed by atoms with Crippen LogP contribution in [-0.4, -0.2) is 36.6 Å². The average molecular weight is 228 g/mol. The minimum Gasteiger partial charge on any atom is -0.481 e. The molecule has 0 aromatic carbocycles. The molecular weight excluding hydrogens is 208 g/mol. The van der Waals surface area contributed by atoms with Crippen LogP contribution in [0.4, 0.5) is 0 Å². The highest BCUT2D eigenvalue weighted by Gasteiger charge is 2.44. The van der Waals surface area contributed by atoms with Crippen molar-refractivity contribution in [2.45, 2.75) is 32.6 Å². The van der Waals surface area contributed by atoms with E-state index >= 15 is 0 Å². The lowest BCUT2D eigenvalue weighted by Crippen LogP contribution is -2.49.